The maximum atomic E-state index is 14.3. The fraction of sp³-hybridized carbons (Fsp3) is 0.612. The molecule has 0 aromatic heterocycles. The van der Waals surface area contributed by atoms with Crippen molar-refractivity contribution >= 4 is 41.4 Å². The van der Waals surface area contributed by atoms with Crippen molar-refractivity contribution in [2.75, 3.05) is 33.9 Å². The Hall–Kier alpha value is -5.75. The third-order valence-corrected chi connectivity index (χ3v) is 12.3. The second-order valence-electron chi connectivity index (χ2n) is 17.6. The van der Waals surface area contributed by atoms with Crippen molar-refractivity contribution in [3.05, 3.63) is 47.5 Å². The molecule has 0 aliphatic carbocycles. The first-order valence-corrected chi connectivity index (χ1v) is 23.8. The lowest BCUT2D eigenvalue weighted by molar-refractivity contribution is -0.143. The van der Waals surface area contributed by atoms with Crippen LogP contribution >= 0.6 is 0 Å². The number of nitrogens with zero attached hydrogens (tertiary/aromatic N) is 2. The first kappa shape index (κ1) is 55.6. The van der Waals surface area contributed by atoms with E-state index in [0.29, 0.717) is 12.0 Å². The van der Waals surface area contributed by atoms with E-state index in [1.54, 1.807) is 0 Å². The van der Waals surface area contributed by atoms with Gasteiger partial charge in [-0.2, -0.15) is 0 Å². The van der Waals surface area contributed by atoms with Crippen LogP contribution in [0.3, 0.4) is 0 Å². The van der Waals surface area contributed by atoms with Crippen LogP contribution in [0.2, 0.25) is 0 Å². The zero-order valence-electron chi connectivity index (χ0n) is 39.7. The Morgan fingerprint density at radius 1 is 0.731 bits per heavy atom. The third-order valence-electron chi connectivity index (χ3n) is 12.3. The van der Waals surface area contributed by atoms with Crippen LogP contribution in [-0.2, 0) is 40.0 Å². The Balaban J connectivity index is 1.67. The molecule has 0 spiro atoms. The van der Waals surface area contributed by atoms with E-state index < -0.39 is 78.9 Å². The Bertz CT molecular complexity index is 1960. The van der Waals surface area contributed by atoms with Gasteiger partial charge < -0.3 is 56.6 Å². The molecular weight excluding hydrogens is 865 g/mol. The van der Waals surface area contributed by atoms with Crippen molar-refractivity contribution in [2.45, 2.75) is 160 Å². The van der Waals surface area contributed by atoms with Crippen LogP contribution in [0, 0.1) is 0 Å². The van der Waals surface area contributed by atoms with Crippen molar-refractivity contribution in [3.8, 4) is 22.6 Å². The van der Waals surface area contributed by atoms with Crippen molar-refractivity contribution in [2.24, 2.45) is 0 Å². The van der Waals surface area contributed by atoms with Gasteiger partial charge in [0.15, 0.2) is 0 Å². The van der Waals surface area contributed by atoms with Crippen molar-refractivity contribution in [1.82, 2.24) is 31.1 Å². The third kappa shape index (κ3) is 17.8. The van der Waals surface area contributed by atoms with Gasteiger partial charge in [-0.05, 0) is 68.0 Å². The van der Waals surface area contributed by atoms with Gasteiger partial charge in [-0.1, -0.05) is 96.1 Å². The average molecular weight is 939 g/mol. The van der Waals surface area contributed by atoms with Crippen LogP contribution in [0.4, 0.5) is 0 Å². The number of fused-ring (bicyclic) bond motifs is 5. The molecule has 6 amide bonds. The Kier molecular flexibility index (Phi) is 24.1. The lowest BCUT2D eigenvalue weighted by atomic mass is 9.93. The highest BCUT2D eigenvalue weighted by molar-refractivity contribution is 5.96. The van der Waals surface area contributed by atoms with E-state index in [0.717, 1.165) is 29.1 Å². The topological polar surface area (TPSA) is 275 Å². The number of phenols is 2. The minimum absolute atomic E-state index is 0.000724. The molecule has 67 heavy (non-hydrogen) atoms. The van der Waals surface area contributed by atoms with Gasteiger partial charge in [-0.15, -0.1) is 0 Å². The SMILES string of the molecule is CCCCCCCCCCCCCCCC(=O)N(C)[C@H](CO)C(=O)NC(C)C(=O)NCC(=O)N(C)[C@H]1C(=O)N[C@@H](CCCCO)C(=O)N[C@H](C(=O)O)Cc2ccc(O)c(c2)-c2cc1ccc2O. The highest BCUT2D eigenvalue weighted by Gasteiger charge is 2.35. The predicted octanol–water partition coefficient (Wildman–Crippen LogP) is 3.96. The second kappa shape index (κ2) is 29.1. The van der Waals surface area contributed by atoms with Gasteiger partial charge in [0.1, 0.15) is 41.7 Å². The molecule has 2 aromatic carbocycles. The van der Waals surface area contributed by atoms with Gasteiger partial charge in [0, 0.05) is 44.7 Å². The van der Waals surface area contributed by atoms with E-state index in [4.69, 9.17) is 0 Å². The summed E-state index contributed by atoms with van der Waals surface area (Å²) >= 11 is 0. The zero-order chi connectivity index (χ0) is 49.5. The number of carbonyl (C=O) groups excluding carboxylic acids is 6. The van der Waals surface area contributed by atoms with Gasteiger partial charge in [-0.25, -0.2) is 4.79 Å². The molecule has 5 atom stereocenters. The van der Waals surface area contributed by atoms with Crippen LogP contribution in [0.15, 0.2) is 36.4 Å². The molecule has 1 heterocycles. The molecule has 18 nitrogen and oxygen atoms in total. The molecular formula is C49H74N6O12. The number of nitrogens with one attached hydrogen (secondary N) is 4. The smallest absolute Gasteiger partial charge is 0.326 e. The number of carboxylic acids is 1. The summed E-state index contributed by atoms with van der Waals surface area (Å²) in [6.45, 7) is 2.01. The van der Waals surface area contributed by atoms with Crippen molar-refractivity contribution in [1.29, 1.82) is 0 Å². The van der Waals surface area contributed by atoms with E-state index >= 15 is 0 Å². The predicted molar refractivity (Wildman–Crippen MR) is 251 cm³/mol. The first-order chi connectivity index (χ1) is 32.0. The minimum atomic E-state index is -1.52. The number of hydrogen-bond acceptors (Lipinski definition) is 11. The number of aromatic hydroxyl groups is 2. The Morgan fingerprint density at radius 3 is 1.90 bits per heavy atom. The van der Waals surface area contributed by atoms with Gasteiger partial charge in [0.2, 0.25) is 35.4 Å². The fourth-order valence-electron chi connectivity index (χ4n) is 8.09. The summed E-state index contributed by atoms with van der Waals surface area (Å²) in [5.41, 5.74) is 0.655. The number of hydrogen-bond donors (Lipinski definition) is 9. The Morgan fingerprint density at radius 2 is 1.31 bits per heavy atom. The standard InChI is InChI=1S/C49H74N6O12/c1-5-6-7-8-9-10-11-12-13-14-15-16-17-21-42(60)54(3)39(31-57)47(64)51-32(2)45(62)50-30-43(61)55(4)44-34-23-25-41(59)36(29-34)35-27-33(22-24-40(35)58)28-38(49(66)67)53-46(63)37(52-48(44)65)20-18-19-26-56/h22-25,27,29,32,37-39,44,56-59H,5-21,26,28,30-31H2,1-4H3,(H,50,62)(H,51,64)(H,52,65)(H,53,63)(H,66,67)/t32?,37-,38-,39+,44+/m0/s1. The molecule has 1 aliphatic rings. The number of phenolic OH excluding ortho intramolecular Hbond substituents is 2. The van der Waals surface area contributed by atoms with Crippen LogP contribution in [-0.4, -0.2) is 135 Å². The van der Waals surface area contributed by atoms with Gasteiger partial charge in [0.25, 0.3) is 0 Å². The van der Waals surface area contributed by atoms with Crippen molar-refractivity contribution < 1.29 is 59.1 Å². The van der Waals surface area contributed by atoms with Crippen LogP contribution in [0.1, 0.15) is 140 Å². The summed E-state index contributed by atoms with van der Waals surface area (Å²) in [6.07, 6.45) is 15.6. The number of rotatable bonds is 27. The number of likely N-dealkylation sites (N-methyl/N-ethyl adjacent to an activating group) is 2. The number of carboxylic acid groups (broad SMARTS) is 1. The van der Waals surface area contributed by atoms with E-state index in [-0.39, 0.29) is 72.8 Å². The maximum absolute atomic E-state index is 14.3. The van der Waals surface area contributed by atoms with E-state index in [1.807, 2.05) is 0 Å². The summed E-state index contributed by atoms with van der Waals surface area (Å²) in [4.78, 5) is 95.5. The van der Waals surface area contributed by atoms with Crippen LogP contribution in [0.5, 0.6) is 11.5 Å². The molecule has 0 saturated carbocycles. The molecule has 1 aliphatic heterocycles. The van der Waals surface area contributed by atoms with Gasteiger partial charge in [0.05, 0.1) is 13.2 Å². The first-order valence-electron chi connectivity index (χ1n) is 23.8. The number of carbonyl (C=O) groups is 7. The maximum Gasteiger partial charge on any atom is 0.326 e. The highest BCUT2D eigenvalue weighted by atomic mass is 16.4. The minimum Gasteiger partial charge on any atom is -0.507 e. The number of amides is 6. The largest absolute Gasteiger partial charge is 0.507 e. The van der Waals surface area contributed by atoms with Gasteiger partial charge >= 0.3 is 5.97 Å². The van der Waals surface area contributed by atoms with Gasteiger partial charge in [-0.3, -0.25) is 28.8 Å². The molecule has 18 heteroatoms. The number of aliphatic hydroxyl groups is 2. The Labute approximate surface area is 394 Å². The molecule has 372 valence electrons. The summed E-state index contributed by atoms with van der Waals surface area (Å²) in [6, 6.07) is 1.44. The lowest BCUT2D eigenvalue weighted by Crippen LogP contribution is -2.55. The molecule has 1 unspecified atom stereocenters. The quantitative estimate of drug-likeness (QED) is 0.0576. The number of unbranched alkanes of at least 4 members (excludes halogenated alkanes) is 13. The van der Waals surface area contributed by atoms with Crippen LogP contribution < -0.4 is 21.3 Å². The summed E-state index contributed by atoms with van der Waals surface area (Å²) in [5, 5.41) is 61.3. The molecule has 2 aromatic rings. The lowest BCUT2D eigenvalue weighted by Gasteiger charge is -2.31. The fourth-order valence-corrected chi connectivity index (χ4v) is 8.09. The number of benzene rings is 2. The van der Waals surface area contributed by atoms with Crippen molar-refractivity contribution in [3.63, 3.8) is 0 Å². The average Bonchev–Trinajstić information content (AvgIpc) is 3.29. The molecule has 9 N–H and O–H groups in total. The molecule has 0 fully saturated rings. The summed E-state index contributed by atoms with van der Waals surface area (Å²) < 4.78 is 0. The molecule has 0 saturated heterocycles. The van der Waals surface area contributed by atoms with Crippen LogP contribution in [0.25, 0.3) is 11.1 Å². The molecule has 0 radical (unpaired) electrons. The highest BCUT2D eigenvalue weighted by Crippen LogP contribution is 2.38. The van der Waals surface area contributed by atoms with E-state index in [9.17, 15) is 59.1 Å². The number of aliphatic carboxylic acids is 1. The molecule has 3 rings (SSSR count). The molecule has 4 bridgehead atoms. The normalized spacial score (nSPS) is 17.0. The summed E-state index contributed by atoms with van der Waals surface area (Å²) in [5.74, 6) is -6.37. The second-order valence-corrected chi connectivity index (χ2v) is 17.6. The summed E-state index contributed by atoms with van der Waals surface area (Å²) in [7, 11) is 2.69. The number of aliphatic hydroxyl groups excluding tert-OH is 2. The van der Waals surface area contributed by atoms with E-state index in [1.165, 1.54) is 115 Å². The monoisotopic (exact) mass is 939 g/mol. The van der Waals surface area contributed by atoms with E-state index in [2.05, 4.69) is 28.2 Å². The zero-order valence-corrected chi connectivity index (χ0v) is 39.7.